The minimum Gasteiger partial charge on any atom is -0.486 e. The van der Waals surface area contributed by atoms with Crippen LogP contribution in [-0.4, -0.2) is 49.9 Å². The SMILES string of the molecule is C[C@@H](NC(=O)COC(=O)CCNC(=O)OC(C)(C)C)c1ccc2c(c1)OCCO2. The summed E-state index contributed by atoms with van der Waals surface area (Å²) < 4.78 is 21.0. The van der Waals surface area contributed by atoms with Crippen LogP contribution in [0.4, 0.5) is 4.79 Å². The highest BCUT2D eigenvalue weighted by Crippen LogP contribution is 2.32. The molecular weight excluding hydrogens is 380 g/mol. The summed E-state index contributed by atoms with van der Waals surface area (Å²) >= 11 is 0. The predicted octanol–water partition coefficient (Wildman–Crippen LogP) is 2.09. The molecule has 0 saturated carbocycles. The zero-order valence-electron chi connectivity index (χ0n) is 17.2. The number of nitrogens with one attached hydrogen (secondary N) is 2. The van der Waals surface area contributed by atoms with Crippen LogP contribution in [0.1, 0.15) is 45.7 Å². The first-order valence-electron chi connectivity index (χ1n) is 9.45. The molecule has 0 aromatic heterocycles. The van der Waals surface area contributed by atoms with Gasteiger partial charge in [0.15, 0.2) is 18.1 Å². The van der Waals surface area contributed by atoms with Crippen LogP contribution in [0.3, 0.4) is 0 Å². The third-order valence-corrected chi connectivity index (χ3v) is 3.81. The summed E-state index contributed by atoms with van der Waals surface area (Å²) in [4.78, 5) is 35.2. The van der Waals surface area contributed by atoms with Gasteiger partial charge in [0.05, 0.1) is 12.5 Å². The van der Waals surface area contributed by atoms with Gasteiger partial charge in [-0.3, -0.25) is 9.59 Å². The number of benzene rings is 1. The Morgan fingerprint density at radius 2 is 1.83 bits per heavy atom. The quantitative estimate of drug-likeness (QED) is 0.665. The smallest absolute Gasteiger partial charge is 0.407 e. The third kappa shape index (κ3) is 7.89. The Balaban J connectivity index is 1.68. The van der Waals surface area contributed by atoms with Crippen LogP contribution >= 0.6 is 0 Å². The van der Waals surface area contributed by atoms with Gasteiger partial charge in [-0.05, 0) is 45.4 Å². The van der Waals surface area contributed by atoms with Crippen molar-refractivity contribution in [1.29, 1.82) is 0 Å². The predicted molar refractivity (Wildman–Crippen MR) is 104 cm³/mol. The number of fused-ring (bicyclic) bond motifs is 1. The van der Waals surface area contributed by atoms with E-state index in [1.165, 1.54) is 0 Å². The molecule has 1 aliphatic heterocycles. The molecule has 0 bridgehead atoms. The van der Waals surface area contributed by atoms with Gasteiger partial charge in [0.1, 0.15) is 18.8 Å². The minimum atomic E-state index is -0.615. The lowest BCUT2D eigenvalue weighted by molar-refractivity contribution is -0.148. The molecule has 2 rings (SSSR count). The second kappa shape index (κ2) is 9.99. The molecule has 0 aliphatic carbocycles. The lowest BCUT2D eigenvalue weighted by atomic mass is 10.1. The second-order valence-electron chi connectivity index (χ2n) is 7.53. The van der Waals surface area contributed by atoms with E-state index >= 15 is 0 Å². The fourth-order valence-corrected chi connectivity index (χ4v) is 2.49. The maximum Gasteiger partial charge on any atom is 0.407 e. The molecule has 1 aromatic carbocycles. The molecule has 9 heteroatoms. The maximum atomic E-state index is 12.0. The van der Waals surface area contributed by atoms with Crippen molar-refractivity contribution >= 4 is 18.0 Å². The number of esters is 1. The Kier molecular flexibility index (Phi) is 7.69. The number of carbonyl (C=O) groups is 3. The van der Waals surface area contributed by atoms with Crippen LogP contribution < -0.4 is 20.1 Å². The van der Waals surface area contributed by atoms with Gasteiger partial charge in [-0.1, -0.05) is 6.07 Å². The summed E-state index contributed by atoms with van der Waals surface area (Å²) in [7, 11) is 0. The molecule has 1 heterocycles. The van der Waals surface area contributed by atoms with Gasteiger partial charge in [0.2, 0.25) is 0 Å². The van der Waals surface area contributed by atoms with Crippen molar-refractivity contribution in [2.24, 2.45) is 0 Å². The molecule has 1 aromatic rings. The van der Waals surface area contributed by atoms with Gasteiger partial charge in [0.25, 0.3) is 5.91 Å². The summed E-state index contributed by atoms with van der Waals surface area (Å²) in [6, 6.07) is 5.15. The van der Waals surface area contributed by atoms with E-state index < -0.39 is 30.2 Å². The van der Waals surface area contributed by atoms with E-state index in [2.05, 4.69) is 10.6 Å². The lowest BCUT2D eigenvalue weighted by Gasteiger charge is -2.21. The fourth-order valence-electron chi connectivity index (χ4n) is 2.49. The summed E-state index contributed by atoms with van der Waals surface area (Å²) in [6.07, 6.45) is -0.680. The Morgan fingerprint density at radius 1 is 1.14 bits per heavy atom. The van der Waals surface area contributed by atoms with Crippen LogP contribution in [0.15, 0.2) is 18.2 Å². The van der Waals surface area contributed by atoms with E-state index in [9.17, 15) is 14.4 Å². The van der Waals surface area contributed by atoms with E-state index in [0.29, 0.717) is 24.7 Å². The first kappa shape index (κ1) is 22.3. The van der Waals surface area contributed by atoms with Crippen LogP contribution in [0.25, 0.3) is 0 Å². The van der Waals surface area contributed by atoms with Gasteiger partial charge < -0.3 is 29.6 Å². The topological polar surface area (TPSA) is 112 Å². The zero-order chi connectivity index (χ0) is 21.4. The first-order chi connectivity index (χ1) is 13.6. The summed E-state index contributed by atoms with van der Waals surface area (Å²) in [5, 5.41) is 5.21. The normalized spacial score (nSPS) is 13.8. The molecule has 0 spiro atoms. The van der Waals surface area contributed by atoms with Crippen LogP contribution in [-0.2, 0) is 19.1 Å². The van der Waals surface area contributed by atoms with E-state index in [1.54, 1.807) is 26.8 Å². The molecule has 0 unspecified atom stereocenters. The van der Waals surface area contributed by atoms with Crippen LogP contribution in [0.2, 0.25) is 0 Å². The second-order valence-corrected chi connectivity index (χ2v) is 7.53. The molecule has 2 N–H and O–H groups in total. The Morgan fingerprint density at radius 3 is 2.52 bits per heavy atom. The molecule has 0 saturated heterocycles. The van der Waals surface area contributed by atoms with E-state index in [1.807, 2.05) is 19.1 Å². The largest absolute Gasteiger partial charge is 0.486 e. The highest BCUT2D eigenvalue weighted by molar-refractivity contribution is 5.81. The number of hydrogen-bond donors (Lipinski definition) is 2. The van der Waals surface area contributed by atoms with Crippen molar-refractivity contribution in [1.82, 2.24) is 10.6 Å². The minimum absolute atomic E-state index is 0.0585. The maximum absolute atomic E-state index is 12.0. The molecule has 29 heavy (non-hydrogen) atoms. The van der Waals surface area contributed by atoms with Gasteiger partial charge in [-0.2, -0.15) is 0 Å². The summed E-state index contributed by atoms with van der Waals surface area (Å²) in [5.74, 6) is 0.287. The molecule has 0 radical (unpaired) electrons. The molecule has 0 fully saturated rings. The summed E-state index contributed by atoms with van der Waals surface area (Å²) in [5.41, 5.74) is 0.229. The molecule has 1 aliphatic rings. The highest BCUT2D eigenvalue weighted by atomic mass is 16.6. The number of rotatable bonds is 7. The Labute approximate surface area is 170 Å². The Bertz CT molecular complexity index is 743. The molecule has 9 nitrogen and oxygen atoms in total. The number of carbonyl (C=O) groups excluding carboxylic acids is 3. The van der Waals surface area contributed by atoms with Crippen LogP contribution in [0, 0.1) is 0 Å². The van der Waals surface area contributed by atoms with Gasteiger partial charge in [-0.25, -0.2) is 4.79 Å². The average molecular weight is 408 g/mol. The number of alkyl carbamates (subject to hydrolysis) is 1. The van der Waals surface area contributed by atoms with Gasteiger partial charge in [-0.15, -0.1) is 0 Å². The molecule has 2 amide bonds. The number of ether oxygens (including phenoxy) is 4. The number of hydrogen-bond acceptors (Lipinski definition) is 7. The fraction of sp³-hybridized carbons (Fsp3) is 0.550. The van der Waals surface area contributed by atoms with Crippen molar-refractivity contribution in [2.75, 3.05) is 26.4 Å². The monoisotopic (exact) mass is 408 g/mol. The van der Waals surface area contributed by atoms with Crippen molar-refractivity contribution in [3.8, 4) is 11.5 Å². The Hall–Kier alpha value is -2.97. The first-order valence-corrected chi connectivity index (χ1v) is 9.45. The molecule has 160 valence electrons. The van der Waals surface area contributed by atoms with E-state index in [-0.39, 0.29) is 19.0 Å². The third-order valence-electron chi connectivity index (χ3n) is 3.81. The summed E-state index contributed by atoms with van der Waals surface area (Å²) in [6.45, 7) is 7.69. The van der Waals surface area contributed by atoms with Gasteiger partial charge in [0, 0.05) is 6.54 Å². The van der Waals surface area contributed by atoms with E-state index in [0.717, 1.165) is 5.56 Å². The average Bonchev–Trinajstić information content (AvgIpc) is 2.64. The molecule has 1 atom stereocenters. The van der Waals surface area contributed by atoms with Crippen LogP contribution in [0.5, 0.6) is 11.5 Å². The highest BCUT2D eigenvalue weighted by Gasteiger charge is 2.18. The molecular formula is C20H28N2O7. The zero-order valence-corrected chi connectivity index (χ0v) is 17.2. The van der Waals surface area contributed by atoms with Crippen molar-refractivity contribution < 1.29 is 33.3 Å². The lowest BCUT2D eigenvalue weighted by Crippen LogP contribution is -2.34. The van der Waals surface area contributed by atoms with Crippen molar-refractivity contribution in [3.63, 3.8) is 0 Å². The van der Waals surface area contributed by atoms with E-state index in [4.69, 9.17) is 18.9 Å². The number of amides is 2. The van der Waals surface area contributed by atoms with Crippen molar-refractivity contribution in [2.45, 2.75) is 45.8 Å². The standard InChI is InChI=1S/C20H28N2O7/c1-13(14-5-6-15-16(11-14)27-10-9-26-15)22-17(23)12-28-18(24)7-8-21-19(25)29-20(2,3)4/h5-6,11,13H,7-10,12H2,1-4H3,(H,21,25)(H,22,23)/t13-/m1/s1. The van der Waals surface area contributed by atoms with Crippen molar-refractivity contribution in [3.05, 3.63) is 23.8 Å². The van der Waals surface area contributed by atoms with Gasteiger partial charge >= 0.3 is 12.1 Å².